The third-order valence-corrected chi connectivity index (χ3v) is 5.41. The molecule has 7 heteroatoms. The van der Waals surface area contributed by atoms with E-state index in [9.17, 15) is 18.7 Å². The number of hydrogen-bond acceptors (Lipinski definition) is 3. The van der Waals surface area contributed by atoms with E-state index < -0.39 is 17.2 Å². The van der Waals surface area contributed by atoms with Crippen molar-refractivity contribution in [1.82, 2.24) is 9.55 Å². The summed E-state index contributed by atoms with van der Waals surface area (Å²) in [4.78, 5) is 16.7. The summed E-state index contributed by atoms with van der Waals surface area (Å²) in [6.45, 7) is 1.66. The second-order valence-electron chi connectivity index (χ2n) is 7.48. The number of aliphatic hydroxyl groups is 1. The molecule has 4 rings (SSSR count). The molecule has 1 heterocycles. The van der Waals surface area contributed by atoms with Gasteiger partial charge in [-0.05, 0) is 57.1 Å². The minimum atomic E-state index is -1.05. The van der Waals surface area contributed by atoms with Gasteiger partial charge >= 0.3 is 0 Å². The average Bonchev–Trinajstić information content (AvgIpc) is 3.27. The molecule has 0 radical (unpaired) electrons. The summed E-state index contributed by atoms with van der Waals surface area (Å²) in [5.41, 5.74) is -0.640. The first-order valence-corrected chi connectivity index (χ1v) is 8.75. The molecule has 2 fully saturated rings. The van der Waals surface area contributed by atoms with Gasteiger partial charge in [0.25, 0.3) is 0 Å². The van der Waals surface area contributed by atoms with Crippen molar-refractivity contribution >= 4 is 22.9 Å². The van der Waals surface area contributed by atoms with Crippen LogP contribution < -0.4 is 5.32 Å². The molecule has 1 aromatic carbocycles. The number of fused-ring (bicyclic) bond motifs is 1. The first kappa shape index (κ1) is 16.4. The fraction of sp³-hybridized carbons (Fsp3) is 0.556. The predicted molar refractivity (Wildman–Crippen MR) is 89.1 cm³/mol. The Morgan fingerprint density at radius 3 is 2.68 bits per heavy atom. The molecule has 0 saturated heterocycles. The monoisotopic (exact) mass is 349 g/mol. The van der Waals surface area contributed by atoms with Gasteiger partial charge < -0.3 is 9.67 Å². The Kier molecular flexibility index (Phi) is 3.79. The molecule has 0 unspecified atom stereocenters. The van der Waals surface area contributed by atoms with Crippen LogP contribution in [0.3, 0.4) is 0 Å². The van der Waals surface area contributed by atoms with Crippen LogP contribution in [-0.4, -0.2) is 26.2 Å². The van der Waals surface area contributed by atoms with Gasteiger partial charge in [0, 0.05) is 6.04 Å². The van der Waals surface area contributed by atoms with Crippen LogP contribution >= 0.6 is 0 Å². The minimum absolute atomic E-state index is 0.000502. The first-order valence-electron chi connectivity index (χ1n) is 8.75. The van der Waals surface area contributed by atoms with Gasteiger partial charge in [-0.1, -0.05) is 0 Å². The van der Waals surface area contributed by atoms with Gasteiger partial charge in [-0.15, -0.1) is 0 Å². The normalized spacial score (nSPS) is 20.3. The fourth-order valence-electron chi connectivity index (χ4n) is 3.56. The van der Waals surface area contributed by atoms with Crippen LogP contribution in [0, 0.1) is 17.6 Å². The van der Waals surface area contributed by atoms with Crippen molar-refractivity contribution in [3.05, 3.63) is 23.8 Å². The van der Waals surface area contributed by atoms with Crippen molar-refractivity contribution in [2.45, 2.75) is 57.1 Å². The Balaban J connectivity index is 1.66. The van der Waals surface area contributed by atoms with Gasteiger partial charge in [0.15, 0.2) is 11.6 Å². The zero-order valence-electron chi connectivity index (χ0n) is 14.1. The van der Waals surface area contributed by atoms with Crippen LogP contribution in [0.4, 0.5) is 14.7 Å². The minimum Gasteiger partial charge on any atom is -0.389 e. The molecular formula is C18H21F2N3O2. The van der Waals surface area contributed by atoms with Crippen LogP contribution in [0.25, 0.3) is 11.0 Å². The number of nitrogens with one attached hydrogen (secondary N) is 1. The lowest BCUT2D eigenvalue weighted by atomic mass is 9.92. The number of carbonyl (C=O) groups excluding carboxylic acids is 1. The number of anilines is 1. The first-order chi connectivity index (χ1) is 11.9. The number of imidazole rings is 1. The van der Waals surface area contributed by atoms with E-state index in [1.54, 1.807) is 11.5 Å². The SMILES string of the molecule is C[C@@](O)(CC(=O)Nc1nc2ccc(F)c(F)c2n1C1CCC1)C1CC1. The lowest BCUT2D eigenvalue weighted by Gasteiger charge is -2.29. The quantitative estimate of drug-likeness (QED) is 0.868. The molecule has 1 amide bonds. The summed E-state index contributed by atoms with van der Waals surface area (Å²) < 4.78 is 29.6. The molecule has 2 aromatic rings. The summed E-state index contributed by atoms with van der Waals surface area (Å²) in [6.07, 6.45) is 4.48. The largest absolute Gasteiger partial charge is 0.389 e. The number of halogens is 2. The van der Waals surface area contributed by atoms with Gasteiger partial charge in [-0.25, -0.2) is 13.8 Å². The highest BCUT2D eigenvalue weighted by molar-refractivity contribution is 5.92. The summed E-state index contributed by atoms with van der Waals surface area (Å²) in [6, 6.07) is 2.46. The third-order valence-electron chi connectivity index (χ3n) is 5.41. The van der Waals surface area contributed by atoms with Gasteiger partial charge in [-0.3, -0.25) is 10.1 Å². The van der Waals surface area contributed by atoms with Crippen LogP contribution in [0.5, 0.6) is 0 Å². The van der Waals surface area contributed by atoms with Crippen LogP contribution in [-0.2, 0) is 4.79 Å². The van der Waals surface area contributed by atoms with E-state index in [1.807, 2.05) is 0 Å². The Labute approximate surface area is 144 Å². The van der Waals surface area contributed by atoms with Crippen molar-refractivity contribution in [3.8, 4) is 0 Å². The molecule has 5 nitrogen and oxygen atoms in total. The van der Waals surface area contributed by atoms with E-state index in [4.69, 9.17) is 0 Å². The van der Waals surface area contributed by atoms with Crippen molar-refractivity contribution in [2.24, 2.45) is 5.92 Å². The van der Waals surface area contributed by atoms with E-state index in [2.05, 4.69) is 10.3 Å². The molecule has 134 valence electrons. The maximum atomic E-state index is 14.3. The summed E-state index contributed by atoms with van der Waals surface area (Å²) in [5.74, 6) is -1.87. The van der Waals surface area contributed by atoms with Gasteiger partial charge in [0.05, 0.1) is 17.5 Å². The zero-order valence-corrected chi connectivity index (χ0v) is 14.1. The smallest absolute Gasteiger partial charge is 0.229 e. The van der Waals surface area contributed by atoms with E-state index in [-0.39, 0.29) is 35.8 Å². The number of carbonyl (C=O) groups is 1. The topological polar surface area (TPSA) is 67.2 Å². The van der Waals surface area contributed by atoms with E-state index in [0.29, 0.717) is 5.52 Å². The van der Waals surface area contributed by atoms with Crippen LogP contribution in [0.15, 0.2) is 12.1 Å². The number of rotatable bonds is 5. The van der Waals surface area contributed by atoms with E-state index in [0.717, 1.165) is 38.2 Å². The van der Waals surface area contributed by atoms with Gasteiger partial charge in [0.2, 0.25) is 11.9 Å². The molecule has 0 bridgehead atoms. The Morgan fingerprint density at radius 2 is 2.08 bits per heavy atom. The van der Waals surface area contributed by atoms with Crippen LogP contribution in [0.1, 0.15) is 51.5 Å². The molecule has 0 spiro atoms. The maximum Gasteiger partial charge on any atom is 0.229 e. The van der Waals surface area contributed by atoms with Crippen LogP contribution in [0.2, 0.25) is 0 Å². The Morgan fingerprint density at radius 1 is 1.36 bits per heavy atom. The fourth-order valence-corrected chi connectivity index (χ4v) is 3.56. The van der Waals surface area contributed by atoms with E-state index in [1.165, 1.54) is 6.07 Å². The van der Waals surface area contributed by atoms with Gasteiger partial charge in [-0.2, -0.15) is 0 Å². The number of benzene rings is 1. The molecule has 1 atom stereocenters. The number of nitrogens with zero attached hydrogens (tertiary/aromatic N) is 2. The van der Waals surface area contributed by atoms with Crippen molar-refractivity contribution < 1.29 is 18.7 Å². The number of amides is 1. The highest BCUT2D eigenvalue weighted by Crippen LogP contribution is 2.42. The second-order valence-corrected chi connectivity index (χ2v) is 7.48. The molecule has 2 aliphatic carbocycles. The Hall–Kier alpha value is -2.02. The number of hydrogen-bond donors (Lipinski definition) is 2. The molecule has 2 aliphatic rings. The standard InChI is InChI=1S/C18H21F2N3O2/c1-18(25,10-5-6-10)9-14(24)22-17-21-13-8-7-12(19)15(20)16(13)23(17)11-3-2-4-11/h7-8,10-11,25H,2-6,9H2,1H3,(H,21,22,24)/t18-/m1/s1. The van der Waals surface area contributed by atoms with E-state index >= 15 is 0 Å². The van der Waals surface area contributed by atoms with Crippen molar-refractivity contribution in [3.63, 3.8) is 0 Å². The maximum absolute atomic E-state index is 14.3. The predicted octanol–water partition coefficient (Wildman–Crippen LogP) is 3.53. The zero-order chi connectivity index (χ0) is 17.8. The van der Waals surface area contributed by atoms with Crippen molar-refractivity contribution in [2.75, 3.05) is 5.32 Å². The molecular weight excluding hydrogens is 328 g/mol. The summed E-state index contributed by atoms with van der Waals surface area (Å²) in [5, 5.41) is 13.1. The highest BCUT2D eigenvalue weighted by atomic mass is 19.2. The lowest BCUT2D eigenvalue weighted by molar-refractivity contribution is -0.121. The summed E-state index contributed by atoms with van der Waals surface area (Å²) >= 11 is 0. The summed E-state index contributed by atoms with van der Waals surface area (Å²) in [7, 11) is 0. The molecule has 2 N–H and O–H groups in total. The third kappa shape index (κ3) is 2.90. The molecule has 2 saturated carbocycles. The lowest BCUT2D eigenvalue weighted by Crippen LogP contribution is -2.33. The molecule has 1 aromatic heterocycles. The average molecular weight is 349 g/mol. The van der Waals surface area contributed by atoms with Crippen molar-refractivity contribution in [1.29, 1.82) is 0 Å². The number of aromatic nitrogens is 2. The Bertz CT molecular complexity index is 838. The molecule has 0 aliphatic heterocycles. The molecule has 25 heavy (non-hydrogen) atoms. The van der Waals surface area contributed by atoms with Gasteiger partial charge in [0.1, 0.15) is 5.52 Å². The second kappa shape index (κ2) is 5.76. The highest BCUT2D eigenvalue weighted by Gasteiger charge is 2.41.